The molecule has 1 aromatic rings. The van der Waals surface area contributed by atoms with Crippen LogP contribution in [0.4, 0.5) is 10.5 Å². The number of hydrogen-bond acceptors (Lipinski definition) is 3. The Balaban J connectivity index is 2.11. The maximum atomic E-state index is 12.3. The summed E-state index contributed by atoms with van der Waals surface area (Å²) in [5.74, 6) is -0.328. The van der Waals surface area contributed by atoms with E-state index in [4.69, 9.17) is 27.9 Å². The van der Waals surface area contributed by atoms with Crippen molar-refractivity contribution in [2.24, 2.45) is 0 Å². The lowest BCUT2D eigenvalue weighted by Crippen LogP contribution is -2.32. The van der Waals surface area contributed by atoms with Crippen LogP contribution < -0.4 is 10.2 Å². The molecular weight excluding hydrogens is 315 g/mol. The lowest BCUT2D eigenvalue weighted by atomic mass is 10.2. The van der Waals surface area contributed by atoms with E-state index in [1.807, 2.05) is 13.8 Å². The summed E-state index contributed by atoms with van der Waals surface area (Å²) in [6, 6.07) is 3.52. The van der Waals surface area contributed by atoms with Gasteiger partial charge in [-0.2, -0.15) is 0 Å². The van der Waals surface area contributed by atoms with Gasteiger partial charge < -0.3 is 10.1 Å². The van der Waals surface area contributed by atoms with Gasteiger partial charge >= 0.3 is 6.03 Å². The highest BCUT2D eigenvalue weighted by Gasteiger charge is 2.38. The van der Waals surface area contributed by atoms with Crippen LogP contribution in [0.2, 0.25) is 10.0 Å². The quantitative estimate of drug-likeness (QED) is 0.843. The van der Waals surface area contributed by atoms with Gasteiger partial charge in [-0.3, -0.25) is 4.79 Å². The van der Waals surface area contributed by atoms with Crippen molar-refractivity contribution in [3.05, 3.63) is 28.2 Å². The number of nitrogens with zero attached hydrogens (tertiary/aromatic N) is 1. The van der Waals surface area contributed by atoms with E-state index in [2.05, 4.69) is 5.32 Å². The van der Waals surface area contributed by atoms with Gasteiger partial charge in [0.05, 0.1) is 11.8 Å². The van der Waals surface area contributed by atoms with Crippen molar-refractivity contribution in [3.63, 3.8) is 0 Å². The van der Waals surface area contributed by atoms with Gasteiger partial charge in [0.1, 0.15) is 6.04 Å². The fourth-order valence-corrected chi connectivity index (χ4v) is 2.58. The van der Waals surface area contributed by atoms with Crippen molar-refractivity contribution in [1.29, 1.82) is 0 Å². The Hall–Kier alpha value is -1.30. The lowest BCUT2D eigenvalue weighted by molar-refractivity contribution is -0.118. The molecule has 0 aromatic heterocycles. The fraction of sp³-hybridized carbons (Fsp3) is 0.429. The molecule has 1 unspecified atom stereocenters. The Labute approximate surface area is 133 Å². The molecule has 1 saturated heterocycles. The first-order valence-electron chi connectivity index (χ1n) is 6.60. The van der Waals surface area contributed by atoms with E-state index < -0.39 is 12.1 Å². The van der Waals surface area contributed by atoms with Gasteiger partial charge in [0.15, 0.2) is 0 Å². The highest BCUT2D eigenvalue weighted by Crippen LogP contribution is 2.28. The molecule has 0 aliphatic carbocycles. The number of ether oxygens (including phenoxy) is 1. The third-order valence-corrected chi connectivity index (χ3v) is 3.42. The molecule has 0 bridgehead atoms. The number of carbonyl (C=O) groups excluding carboxylic acids is 2. The zero-order valence-electron chi connectivity index (χ0n) is 11.7. The zero-order valence-corrected chi connectivity index (χ0v) is 13.2. The Bertz CT molecular complexity index is 543. The minimum absolute atomic E-state index is 0.0834. The summed E-state index contributed by atoms with van der Waals surface area (Å²) in [6.07, 6.45) is 0.508. The Morgan fingerprint density at radius 3 is 2.43 bits per heavy atom. The van der Waals surface area contributed by atoms with Gasteiger partial charge in [-0.15, -0.1) is 0 Å². The Morgan fingerprint density at radius 1 is 1.24 bits per heavy atom. The van der Waals surface area contributed by atoms with E-state index in [9.17, 15) is 9.59 Å². The molecule has 1 aliphatic rings. The molecule has 1 N–H and O–H groups in total. The van der Waals surface area contributed by atoms with Crippen molar-refractivity contribution < 1.29 is 14.3 Å². The van der Waals surface area contributed by atoms with E-state index in [0.717, 1.165) is 4.90 Å². The van der Waals surface area contributed by atoms with E-state index in [1.165, 1.54) is 12.1 Å². The highest BCUT2D eigenvalue weighted by molar-refractivity contribution is 6.35. The first kappa shape index (κ1) is 16.1. The molecule has 1 aromatic carbocycles. The SMILES string of the molecule is CC(C)OCCC1NC(=O)N(c2cc(Cl)cc(Cl)c2)C1=O. The molecule has 114 valence electrons. The van der Waals surface area contributed by atoms with Crippen molar-refractivity contribution in [3.8, 4) is 0 Å². The van der Waals surface area contributed by atoms with Gasteiger partial charge in [-0.05, 0) is 32.0 Å². The third-order valence-electron chi connectivity index (χ3n) is 2.98. The van der Waals surface area contributed by atoms with Crippen LogP contribution in [0.5, 0.6) is 0 Å². The van der Waals surface area contributed by atoms with Gasteiger partial charge in [0, 0.05) is 23.1 Å². The number of amides is 3. The second-order valence-electron chi connectivity index (χ2n) is 5.01. The van der Waals surface area contributed by atoms with E-state index in [-0.39, 0.29) is 12.0 Å². The zero-order chi connectivity index (χ0) is 15.6. The number of imide groups is 1. The Morgan fingerprint density at radius 2 is 1.86 bits per heavy atom. The topological polar surface area (TPSA) is 58.6 Å². The summed E-state index contributed by atoms with van der Waals surface area (Å²) >= 11 is 11.8. The largest absolute Gasteiger partial charge is 0.379 e. The fourth-order valence-electron chi connectivity index (χ4n) is 2.06. The van der Waals surface area contributed by atoms with Crippen LogP contribution in [-0.2, 0) is 9.53 Å². The molecule has 2 rings (SSSR count). The van der Waals surface area contributed by atoms with E-state index >= 15 is 0 Å². The normalized spacial score (nSPS) is 18.5. The summed E-state index contributed by atoms with van der Waals surface area (Å²) in [7, 11) is 0. The second kappa shape index (κ2) is 6.64. The molecule has 1 fully saturated rings. The minimum Gasteiger partial charge on any atom is -0.379 e. The number of benzene rings is 1. The summed E-state index contributed by atoms with van der Waals surface area (Å²) in [5.41, 5.74) is 0.363. The molecule has 3 amide bonds. The van der Waals surface area contributed by atoms with Crippen LogP contribution in [0.3, 0.4) is 0 Å². The van der Waals surface area contributed by atoms with Crippen LogP contribution in [0.1, 0.15) is 20.3 Å². The molecule has 0 spiro atoms. The van der Waals surface area contributed by atoms with Crippen LogP contribution >= 0.6 is 23.2 Å². The smallest absolute Gasteiger partial charge is 0.329 e. The van der Waals surface area contributed by atoms with Crippen molar-refractivity contribution in [2.45, 2.75) is 32.4 Å². The summed E-state index contributed by atoms with van der Waals surface area (Å²) in [6.45, 7) is 4.23. The number of hydrogen-bond donors (Lipinski definition) is 1. The van der Waals surface area contributed by atoms with Crippen molar-refractivity contribution >= 4 is 40.8 Å². The standard InChI is InChI=1S/C14H16Cl2N2O3/c1-8(2)21-4-3-12-13(19)18(14(20)17-12)11-6-9(15)5-10(16)7-11/h5-8,12H,3-4H2,1-2H3,(H,17,20). The maximum Gasteiger partial charge on any atom is 0.329 e. The molecule has 7 heteroatoms. The van der Waals surface area contributed by atoms with Crippen LogP contribution in [0, 0.1) is 0 Å². The first-order chi connectivity index (χ1) is 9.88. The summed E-state index contributed by atoms with van der Waals surface area (Å²) < 4.78 is 5.40. The monoisotopic (exact) mass is 330 g/mol. The predicted octanol–water partition coefficient (Wildman–Crippen LogP) is 3.23. The highest BCUT2D eigenvalue weighted by atomic mass is 35.5. The number of halogens is 2. The second-order valence-corrected chi connectivity index (χ2v) is 5.88. The molecular formula is C14H16Cl2N2O3. The van der Waals surface area contributed by atoms with Crippen LogP contribution in [0.25, 0.3) is 0 Å². The number of nitrogens with one attached hydrogen (secondary N) is 1. The molecule has 0 saturated carbocycles. The van der Waals surface area contributed by atoms with Gasteiger partial charge in [0.2, 0.25) is 0 Å². The molecule has 1 aliphatic heterocycles. The predicted molar refractivity (Wildman–Crippen MR) is 82.0 cm³/mol. The van der Waals surface area contributed by atoms with Gasteiger partial charge in [-0.1, -0.05) is 23.2 Å². The van der Waals surface area contributed by atoms with Crippen molar-refractivity contribution in [2.75, 3.05) is 11.5 Å². The van der Waals surface area contributed by atoms with Crippen LogP contribution in [0.15, 0.2) is 18.2 Å². The molecule has 0 radical (unpaired) electrons. The maximum absolute atomic E-state index is 12.3. The molecule has 1 heterocycles. The number of carbonyl (C=O) groups is 2. The summed E-state index contributed by atoms with van der Waals surface area (Å²) in [5, 5.41) is 3.37. The average molecular weight is 331 g/mol. The van der Waals surface area contributed by atoms with Crippen molar-refractivity contribution in [1.82, 2.24) is 5.32 Å². The summed E-state index contributed by atoms with van der Waals surface area (Å²) in [4.78, 5) is 25.4. The number of anilines is 1. The average Bonchev–Trinajstić information content (AvgIpc) is 2.62. The lowest BCUT2D eigenvalue weighted by Gasteiger charge is -2.14. The minimum atomic E-state index is -0.589. The third kappa shape index (κ3) is 3.87. The van der Waals surface area contributed by atoms with Crippen LogP contribution in [-0.4, -0.2) is 30.7 Å². The van der Waals surface area contributed by atoms with E-state index in [0.29, 0.717) is 28.8 Å². The number of rotatable bonds is 5. The van der Waals surface area contributed by atoms with Gasteiger partial charge in [0.25, 0.3) is 5.91 Å². The first-order valence-corrected chi connectivity index (χ1v) is 7.36. The molecule has 5 nitrogen and oxygen atoms in total. The van der Waals surface area contributed by atoms with E-state index in [1.54, 1.807) is 6.07 Å². The van der Waals surface area contributed by atoms with Gasteiger partial charge in [-0.25, -0.2) is 9.69 Å². The Kier molecular flexibility index (Phi) is 5.08. The molecule has 21 heavy (non-hydrogen) atoms. The number of urea groups is 1. The molecule has 1 atom stereocenters.